The van der Waals surface area contributed by atoms with Gasteiger partial charge in [-0.1, -0.05) is 6.42 Å². The molecule has 0 amide bonds. The van der Waals surface area contributed by atoms with Crippen LogP contribution in [0, 0.1) is 11.8 Å². The quantitative estimate of drug-likeness (QED) is 0.453. The summed E-state index contributed by atoms with van der Waals surface area (Å²) in [7, 11) is 0. The molecule has 1 saturated heterocycles. The molecule has 1 heteroatoms. The van der Waals surface area contributed by atoms with Crippen LogP contribution in [0.15, 0.2) is 0 Å². The molecule has 0 unspecified atom stereocenters. The van der Waals surface area contributed by atoms with Crippen LogP contribution < -0.4 is 5.32 Å². The van der Waals surface area contributed by atoms with Gasteiger partial charge in [0.1, 0.15) is 0 Å². The van der Waals surface area contributed by atoms with Gasteiger partial charge in [0.15, 0.2) is 0 Å². The van der Waals surface area contributed by atoms with Crippen LogP contribution in [0.1, 0.15) is 19.3 Å². The van der Waals surface area contributed by atoms with Crippen LogP contribution in [0.3, 0.4) is 0 Å². The van der Waals surface area contributed by atoms with Gasteiger partial charge < -0.3 is 5.32 Å². The maximum absolute atomic E-state index is 2.48. The van der Waals surface area contributed by atoms with Gasteiger partial charge >= 0.3 is 0 Å². The Labute approximate surface area is 50.5 Å². The minimum Gasteiger partial charge on any atom is -0.346 e. The van der Waals surface area contributed by atoms with Crippen molar-refractivity contribution in [3.8, 4) is 0 Å². The van der Waals surface area contributed by atoms with Crippen LogP contribution in [-0.4, -0.2) is 13.1 Å². The fraction of sp³-hybridized carbons (Fsp3) is 1.00. The molecule has 1 aliphatic carbocycles. The molecule has 2 rings (SSSR count). The zero-order chi connectivity index (χ0) is 5.40. The lowest BCUT2D eigenvalue weighted by atomic mass is 10.0. The van der Waals surface area contributed by atoms with Gasteiger partial charge in [-0.15, -0.1) is 0 Å². The molecule has 0 aromatic heterocycles. The van der Waals surface area contributed by atoms with E-state index in [1.807, 2.05) is 0 Å². The van der Waals surface area contributed by atoms with Gasteiger partial charge in [0, 0.05) is 11.8 Å². The second-order valence-electron chi connectivity index (χ2n) is 3.21. The number of quaternary nitrogens is 1. The van der Waals surface area contributed by atoms with Crippen molar-refractivity contribution >= 4 is 0 Å². The summed E-state index contributed by atoms with van der Waals surface area (Å²) >= 11 is 0. The van der Waals surface area contributed by atoms with Crippen molar-refractivity contribution in [1.29, 1.82) is 0 Å². The van der Waals surface area contributed by atoms with Gasteiger partial charge in [0.05, 0.1) is 13.1 Å². The Morgan fingerprint density at radius 2 is 1.62 bits per heavy atom. The van der Waals surface area contributed by atoms with Crippen molar-refractivity contribution < 1.29 is 5.32 Å². The number of hydrogen-bond acceptors (Lipinski definition) is 0. The maximum Gasteiger partial charge on any atom is 0.0788 e. The minimum absolute atomic E-state index is 1.12. The molecule has 0 radical (unpaired) electrons. The lowest BCUT2D eigenvalue weighted by Crippen LogP contribution is -2.81. The van der Waals surface area contributed by atoms with E-state index in [-0.39, 0.29) is 0 Å². The zero-order valence-electron chi connectivity index (χ0n) is 5.27. The third-order valence-electron chi connectivity index (χ3n) is 2.76. The highest BCUT2D eigenvalue weighted by Gasteiger charge is 2.34. The first-order valence-electron chi connectivity index (χ1n) is 3.78. The van der Waals surface area contributed by atoms with Crippen LogP contribution in [0.25, 0.3) is 0 Å². The monoisotopic (exact) mass is 112 g/mol. The van der Waals surface area contributed by atoms with Crippen LogP contribution in [0.4, 0.5) is 0 Å². The van der Waals surface area contributed by atoms with Gasteiger partial charge in [-0.3, -0.25) is 0 Å². The third-order valence-corrected chi connectivity index (χ3v) is 2.76. The summed E-state index contributed by atoms with van der Waals surface area (Å²) in [6.07, 6.45) is 4.57. The van der Waals surface area contributed by atoms with E-state index in [0.717, 1.165) is 11.8 Å². The third kappa shape index (κ3) is 0.576. The summed E-state index contributed by atoms with van der Waals surface area (Å²) < 4.78 is 0. The van der Waals surface area contributed by atoms with Gasteiger partial charge in [-0.25, -0.2) is 0 Å². The normalized spacial score (nSPS) is 45.0. The molecule has 8 heavy (non-hydrogen) atoms. The summed E-state index contributed by atoms with van der Waals surface area (Å²) in [4.78, 5) is 0. The van der Waals surface area contributed by atoms with E-state index in [4.69, 9.17) is 0 Å². The second-order valence-corrected chi connectivity index (χ2v) is 3.21. The first-order chi connectivity index (χ1) is 3.97. The summed E-state index contributed by atoms with van der Waals surface area (Å²) in [5, 5.41) is 2.48. The minimum atomic E-state index is 1.12. The van der Waals surface area contributed by atoms with Crippen molar-refractivity contribution in [2.45, 2.75) is 19.3 Å². The largest absolute Gasteiger partial charge is 0.346 e. The van der Waals surface area contributed by atoms with Gasteiger partial charge in [0.2, 0.25) is 0 Å². The number of fused-ring (bicyclic) bond motifs is 1. The molecule has 2 fully saturated rings. The molecule has 2 atom stereocenters. The smallest absolute Gasteiger partial charge is 0.0788 e. The van der Waals surface area contributed by atoms with Crippen molar-refractivity contribution in [1.82, 2.24) is 0 Å². The standard InChI is InChI=1S/C7H13N/c1-2-6-4-8-5-7(6)3-1/h6-8H,1-5H2/p+1/t6-,7+. The molecule has 2 N–H and O–H groups in total. The summed E-state index contributed by atoms with van der Waals surface area (Å²) in [5.74, 6) is 2.24. The molecule has 2 aliphatic rings. The average Bonchev–Trinajstić information content (AvgIpc) is 2.15. The first-order valence-corrected chi connectivity index (χ1v) is 3.78. The van der Waals surface area contributed by atoms with E-state index in [9.17, 15) is 0 Å². The Morgan fingerprint density at radius 1 is 1.00 bits per heavy atom. The van der Waals surface area contributed by atoms with Gasteiger partial charge in [0.25, 0.3) is 0 Å². The molecular weight excluding hydrogens is 98.1 g/mol. The highest BCUT2D eigenvalue weighted by Crippen LogP contribution is 2.31. The molecule has 46 valence electrons. The molecule has 1 nitrogen and oxygen atoms in total. The molecule has 0 spiro atoms. The van der Waals surface area contributed by atoms with E-state index >= 15 is 0 Å². The highest BCUT2D eigenvalue weighted by atomic mass is 14.9. The number of rotatable bonds is 0. The topological polar surface area (TPSA) is 16.6 Å². The van der Waals surface area contributed by atoms with Crippen molar-refractivity contribution in [3.05, 3.63) is 0 Å². The van der Waals surface area contributed by atoms with Crippen molar-refractivity contribution in [2.24, 2.45) is 11.8 Å². The van der Waals surface area contributed by atoms with E-state index in [0.29, 0.717) is 0 Å². The number of hydrogen-bond donors (Lipinski definition) is 1. The Kier molecular flexibility index (Phi) is 1.04. The summed E-state index contributed by atoms with van der Waals surface area (Å²) in [6.45, 7) is 2.87. The van der Waals surface area contributed by atoms with E-state index in [2.05, 4.69) is 5.32 Å². The summed E-state index contributed by atoms with van der Waals surface area (Å²) in [5.41, 5.74) is 0. The van der Waals surface area contributed by atoms with Crippen LogP contribution >= 0.6 is 0 Å². The molecule has 1 saturated carbocycles. The number of nitrogens with two attached hydrogens (primary N) is 1. The molecule has 0 aromatic carbocycles. The average molecular weight is 112 g/mol. The van der Waals surface area contributed by atoms with Crippen LogP contribution in [-0.2, 0) is 0 Å². The predicted octanol–water partition coefficient (Wildman–Crippen LogP) is -0.0203. The van der Waals surface area contributed by atoms with Crippen molar-refractivity contribution in [3.63, 3.8) is 0 Å². The van der Waals surface area contributed by atoms with E-state index in [1.54, 1.807) is 0 Å². The lowest BCUT2D eigenvalue weighted by Gasteiger charge is -1.98. The molecule has 1 aliphatic heterocycles. The molecule has 0 aromatic rings. The van der Waals surface area contributed by atoms with Gasteiger partial charge in [-0.2, -0.15) is 0 Å². The van der Waals surface area contributed by atoms with Gasteiger partial charge in [-0.05, 0) is 12.8 Å². The van der Waals surface area contributed by atoms with E-state index < -0.39 is 0 Å². The maximum atomic E-state index is 2.48. The lowest BCUT2D eigenvalue weighted by molar-refractivity contribution is -0.640. The highest BCUT2D eigenvalue weighted by molar-refractivity contribution is 4.78. The second kappa shape index (κ2) is 1.73. The SMILES string of the molecule is C1C[C@@H]2C[NH2+]C[C@@H]2C1. The molecular formula is C7H14N+. The van der Waals surface area contributed by atoms with E-state index in [1.165, 1.54) is 32.4 Å². The Hall–Kier alpha value is -0.0400. The Balaban J connectivity index is 2.04. The fourth-order valence-corrected chi connectivity index (χ4v) is 2.26. The fourth-order valence-electron chi connectivity index (χ4n) is 2.26. The zero-order valence-corrected chi connectivity index (χ0v) is 5.27. The van der Waals surface area contributed by atoms with Crippen molar-refractivity contribution in [2.75, 3.05) is 13.1 Å². The predicted molar refractivity (Wildman–Crippen MR) is 32.5 cm³/mol. The van der Waals surface area contributed by atoms with Crippen LogP contribution in [0.2, 0.25) is 0 Å². The Morgan fingerprint density at radius 3 is 2.25 bits per heavy atom. The molecule has 0 bridgehead atoms. The summed E-state index contributed by atoms with van der Waals surface area (Å²) in [6, 6.07) is 0. The Bertz CT molecular complexity index is 70.4. The molecule has 1 heterocycles. The van der Waals surface area contributed by atoms with Crippen LogP contribution in [0.5, 0.6) is 0 Å². The first kappa shape index (κ1) is 4.80.